The molecule has 76 valence electrons. The van der Waals surface area contributed by atoms with Crippen LogP contribution < -0.4 is 5.73 Å². The molecule has 0 aliphatic carbocycles. The highest BCUT2D eigenvalue weighted by Crippen LogP contribution is 2.12. The zero-order chi connectivity index (χ0) is 10.4. The van der Waals surface area contributed by atoms with Gasteiger partial charge in [0.15, 0.2) is 0 Å². The lowest BCUT2D eigenvalue weighted by molar-refractivity contribution is 0.795. The molecule has 0 unspecified atom stereocenters. The lowest BCUT2D eigenvalue weighted by atomic mass is 10.1. The molecule has 0 bridgehead atoms. The van der Waals surface area contributed by atoms with E-state index in [9.17, 15) is 0 Å². The van der Waals surface area contributed by atoms with E-state index in [1.54, 1.807) is 5.41 Å². The van der Waals surface area contributed by atoms with Crippen LogP contribution in [0.1, 0.15) is 30.9 Å². The fraction of sp³-hybridized carbons (Fsp3) is 0.333. The van der Waals surface area contributed by atoms with Gasteiger partial charge in [0.1, 0.15) is 0 Å². The number of nitrogens with two attached hydrogens (primary N) is 1. The molecule has 1 aromatic carbocycles. The molecule has 2 N–H and O–H groups in total. The summed E-state index contributed by atoms with van der Waals surface area (Å²) in [6, 6.07) is 8.37. The quantitative estimate of drug-likeness (QED) is 0.728. The van der Waals surface area contributed by atoms with Crippen LogP contribution in [-0.4, -0.2) is 0 Å². The first kappa shape index (κ1) is 11.2. The summed E-state index contributed by atoms with van der Waals surface area (Å²) in [5.41, 5.74) is 8.87. The van der Waals surface area contributed by atoms with Gasteiger partial charge in [0.05, 0.1) is 0 Å². The molecule has 14 heavy (non-hydrogen) atoms. The number of hydrogen-bond acceptors (Lipinski definition) is 2. The SMILES string of the molecule is CCCCc1ccc(/C(N)=C/S)cc1. The van der Waals surface area contributed by atoms with E-state index in [4.69, 9.17) is 5.73 Å². The molecule has 0 aliphatic heterocycles. The van der Waals surface area contributed by atoms with Gasteiger partial charge in [-0.05, 0) is 29.4 Å². The van der Waals surface area contributed by atoms with Crippen LogP contribution in [0, 0.1) is 0 Å². The average molecular weight is 207 g/mol. The van der Waals surface area contributed by atoms with Crippen molar-refractivity contribution in [2.24, 2.45) is 5.73 Å². The highest BCUT2D eigenvalue weighted by molar-refractivity contribution is 7.83. The third-order valence-corrected chi connectivity index (χ3v) is 2.52. The lowest BCUT2D eigenvalue weighted by Crippen LogP contribution is -1.95. The number of hydrogen-bond donors (Lipinski definition) is 2. The first-order valence-corrected chi connectivity index (χ1v) is 5.48. The molecule has 1 nitrogen and oxygen atoms in total. The van der Waals surface area contributed by atoms with Crippen molar-refractivity contribution < 1.29 is 0 Å². The summed E-state index contributed by atoms with van der Waals surface area (Å²) in [4.78, 5) is 0. The van der Waals surface area contributed by atoms with E-state index in [1.165, 1.54) is 18.4 Å². The van der Waals surface area contributed by atoms with E-state index >= 15 is 0 Å². The van der Waals surface area contributed by atoms with Crippen LogP contribution in [0.4, 0.5) is 0 Å². The number of thiol groups is 1. The molecular weight excluding hydrogens is 190 g/mol. The van der Waals surface area contributed by atoms with Crippen molar-refractivity contribution in [1.29, 1.82) is 0 Å². The fourth-order valence-corrected chi connectivity index (χ4v) is 1.47. The molecule has 0 fully saturated rings. The zero-order valence-electron chi connectivity index (χ0n) is 8.53. The van der Waals surface area contributed by atoms with Crippen molar-refractivity contribution in [3.8, 4) is 0 Å². The van der Waals surface area contributed by atoms with Crippen molar-refractivity contribution in [3.63, 3.8) is 0 Å². The Labute approximate surface area is 91.4 Å². The van der Waals surface area contributed by atoms with Crippen LogP contribution in [0.2, 0.25) is 0 Å². The third-order valence-electron chi connectivity index (χ3n) is 2.25. The van der Waals surface area contributed by atoms with E-state index in [0.29, 0.717) is 0 Å². The molecule has 0 saturated heterocycles. The molecule has 2 heteroatoms. The minimum atomic E-state index is 0.718. The summed E-state index contributed by atoms with van der Waals surface area (Å²) < 4.78 is 0. The Morgan fingerprint density at radius 2 is 2.00 bits per heavy atom. The van der Waals surface area contributed by atoms with Crippen molar-refractivity contribution in [2.75, 3.05) is 0 Å². The summed E-state index contributed by atoms with van der Waals surface area (Å²) in [6.07, 6.45) is 3.64. The molecule has 0 aliphatic rings. The number of benzene rings is 1. The minimum Gasteiger partial charge on any atom is -0.398 e. The van der Waals surface area contributed by atoms with E-state index in [-0.39, 0.29) is 0 Å². The van der Waals surface area contributed by atoms with Gasteiger partial charge in [-0.15, -0.1) is 12.6 Å². The second-order valence-corrected chi connectivity index (χ2v) is 3.64. The maximum Gasteiger partial charge on any atom is 0.0449 e. The number of rotatable bonds is 4. The van der Waals surface area contributed by atoms with Crippen molar-refractivity contribution >= 4 is 18.3 Å². The fourth-order valence-electron chi connectivity index (χ4n) is 1.32. The molecular formula is C12H17NS. The van der Waals surface area contributed by atoms with Gasteiger partial charge in [-0.1, -0.05) is 37.6 Å². The third kappa shape index (κ3) is 3.11. The molecule has 1 rings (SSSR count). The van der Waals surface area contributed by atoms with Gasteiger partial charge in [0.25, 0.3) is 0 Å². The predicted molar refractivity (Wildman–Crippen MR) is 66.2 cm³/mol. The van der Waals surface area contributed by atoms with Crippen LogP contribution in [0.15, 0.2) is 29.7 Å². The second kappa shape index (κ2) is 5.76. The monoisotopic (exact) mass is 207 g/mol. The Balaban J connectivity index is 2.68. The van der Waals surface area contributed by atoms with Gasteiger partial charge in [-0.25, -0.2) is 0 Å². The van der Waals surface area contributed by atoms with Gasteiger partial charge < -0.3 is 5.73 Å². The predicted octanol–water partition coefficient (Wildman–Crippen LogP) is 3.22. The topological polar surface area (TPSA) is 26.0 Å². The van der Waals surface area contributed by atoms with Crippen molar-refractivity contribution in [2.45, 2.75) is 26.2 Å². The summed E-state index contributed by atoms with van der Waals surface area (Å²) in [5.74, 6) is 0. The van der Waals surface area contributed by atoms with Crippen LogP contribution in [0.3, 0.4) is 0 Å². The summed E-state index contributed by atoms with van der Waals surface area (Å²) in [7, 11) is 0. The van der Waals surface area contributed by atoms with Crippen LogP contribution in [0.25, 0.3) is 5.70 Å². The van der Waals surface area contributed by atoms with Crippen molar-refractivity contribution in [1.82, 2.24) is 0 Å². The average Bonchev–Trinajstić information content (AvgIpc) is 2.26. The standard InChI is InChI=1S/C12H17NS/c1-2-3-4-10-5-7-11(8-6-10)12(13)9-14/h5-9,14H,2-4,13H2,1H3/b12-9-. The van der Waals surface area contributed by atoms with Gasteiger partial charge in [-0.2, -0.15) is 0 Å². The Hall–Kier alpha value is -0.890. The summed E-state index contributed by atoms with van der Waals surface area (Å²) >= 11 is 4.02. The van der Waals surface area contributed by atoms with Gasteiger partial charge in [0.2, 0.25) is 0 Å². The van der Waals surface area contributed by atoms with Gasteiger partial charge in [-0.3, -0.25) is 0 Å². The maximum absolute atomic E-state index is 5.73. The molecule has 0 saturated carbocycles. The normalized spacial score (nSPS) is 11.7. The molecule has 1 aromatic rings. The first-order valence-electron chi connectivity index (χ1n) is 4.97. The number of aryl methyl sites for hydroxylation is 1. The van der Waals surface area contributed by atoms with E-state index < -0.39 is 0 Å². The van der Waals surface area contributed by atoms with E-state index in [1.807, 2.05) is 12.1 Å². The molecule has 0 atom stereocenters. The lowest BCUT2D eigenvalue weighted by Gasteiger charge is -2.03. The second-order valence-electron chi connectivity index (χ2n) is 3.38. The van der Waals surface area contributed by atoms with Crippen molar-refractivity contribution in [3.05, 3.63) is 40.8 Å². The number of unbranched alkanes of at least 4 members (excludes halogenated alkanes) is 1. The van der Waals surface area contributed by atoms with Gasteiger partial charge in [0, 0.05) is 5.70 Å². The summed E-state index contributed by atoms with van der Waals surface area (Å²) in [6.45, 7) is 2.20. The smallest absolute Gasteiger partial charge is 0.0449 e. The largest absolute Gasteiger partial charge is 0.398 e. The molecule has 0 aromatic heterocycles. The Morgan fingerprint density at radius 1 is 1.36 bits per heavy atom. The zero-order valence-corrected chi connectivity index (χ0v) is 9.43. The van der Waals surface area contributed by atoms with Crippen LogP contribution in [-0.2, 0) is 6.42 Å². The molecule has 0 amide bonds. The van der Waals surface area contributed by atoms with E-state index in [0.717, 1.165) is 17.7 Å². The highest BCUT2D eigenvalue weighted by Gasteiger charge is 1.96. The summed E-state index contributed by atoms with van der Waals surface area (Å²) in [5, 5.41) is 1.63. The Morgan fingerprint density at radius 3 is 2.50 bits per heavy atom. The molecule has 0 radical (unpaired) electrons. The maximum atomic E-state index is 5.73. The minimum absolute atomic E-state index is 0.718. The van der Waals surface area contributed by atoms with Crippen LogP contribution >= 0.6 is 12.6 Å². The van der Waals surface area contributed by atoms with Crippen LogP contribution in [0.5, 0.6) is 0 Å². The van der Waals surface area contributed by atoms with E-state index in [2.05, 4.69) is 31.7 Å². The Bertz CT molecular complexity index is 301. The highest BCUT2D eigenvalue weighted by atomic mass is 32.1. The molecule has 0 spiro atoms. The van der Waals surface area contributed by atoms with Gasteiger partial charge >= 0.3 is 0 Å². The Kier molecular flexibility index (Phi) is 4.60. The first-order chi connectivity index (χ1) is 6.77. The molecule has 0 heterocycles.